The van der Waals surface area contributed by atoms with Crippen LogP contribution in [0.5, 0.6) is 0 Å². The van der Waals surface area contributed by atoms with Gasteiger partial charge in [-0.2, -0.15) is 0 Å². The molecule has 0 bridgehead atoms. The first-order valence-corrected chi connectivity index (χ1v) is 6.20. The lowest BCUT2D eigenvalue weighted by Crippen LogP contribution is -2.36. The molecule has 0 spiro atoms. The summed E-state index contributed by atoms with van der Waals surface area (Å²) in [6.45, 7) is 7.19. The van der Waals surface area contributed by atoms with Gasteiger partial charge in [0.25, 0.3) is 0 Å². The third-order valence-corrected chi connectivity index (χ3v) is 2.66. The topological polar surface area (TPSA) is 52.6 Å². The highest BCUT2D eigenvalue weighted by Crippen LogP contribution is 2.23. The monoisotopic (exact) mass is 264 g/mol. The molecular formula is C15H20O4. The highest BCUT2D eigenvalue weighted by Gasteiger charge is 2.29. The molecule has 4 nitrogen and oxygen atoms in total. The first kappa shape index (κ1) is 15.2. The van der Waals surface area contributed by atoms with E-state index in [9.17, 15) is 9.59 Å². The van der Waals surface area contributed by atoms with Crippen molar-refractivity contribution in [3.63, 3.8) is 0 Å². The van der Waals surface area contributed by atoms with E-state index in [1.54, 1.807) is 24.3 Å². The average Bonchev–Trinajstić information content (AvgIpc) is 2.33. The van der Waals surface area contributed by atoms with Gasteiger partial charge in [-0.3, -0.25) is 4.79 Å². The molecule has 0 aliphatic heterocycles. The van der Waals surface area contributed by atoms with Crippen LogP contribution in [0.15, 0.2) is 30.3 Å². The number of hydrogen-bond donors (Lipinski definition) is 0. The van der Waals surface area contributed by atoms with Crippen LogP contribution in [-0.2, 0) is 14.3 Å². The number of benzene rings is 1. The standard InChI is InChI=1S/C15H20O4/c1-11(16)18-10-13(15(2,3)4)19-14(17)12-8-6-5-7-9-12/h5-9,13H,10H2,1-4H3. The summed E-state index contributed by atoms with van der Waals surface area (Å²) in [5, 5.41) is 0. The molecule has 0 aliphatic rings. The van der Waals surface area contributed by atoms with Crippen LogP contribution >= 0.6 is 0 Å². The molecule has 1 atom stereocenters. The normalized spacial score (nSPS) is 12.6. The Morgan fingerprint density at radius 3 is 2.21 bits per heavy atom. The van der Waals surface area contributed by atoms with Crippen molar-refractivity contribution in [2.45, 2.75) is 33.8 Å². The first-order chi connectivity index (χ1) is 8.80. The van der Waals surface area contributed by atoms with Crippen molar-refractivity contribution >= 4 is 11.9 Å². The fourth-order valence-electron chi connectivity index (χ4n) is 1.43. The zero-order chi connectivity index (χ0) is 14.5. The smallest absolute Gasteiger partial charge is 0.338 e. The maximum absolute atomic E-state index is 12.0. The zero-order valence-corrected chi connectivity index (χ0v) is 11.8. The molecule has 0 amide bonds. The van der Waals surface area contributed by atoms with Crippen LogP contribution in [0.25, 0.3) is 0 Å². The lowest BCUT2D eigenvalue weighted by molar-refractivity contribution is -0.146. The van der Waals surface area contributed by atoms with Crippen molar-refractivity contribution in [1.29, 1.82) is 0 Å². The van der Waals surface area contributed by atoms with Crippen molar-refractivity contribution in [2.24, 2.45) is 5.41 Å². The van der Waals surface area contributed by atoms with E-state index in [0.717, 1.165) is 0 Å². The van der Waals surface area contributed by atoms with Gasteiger partial charge in [0, 0.05) is 12.3 Å². The Bertz CT molecular complexity index is 431. The highest BCUT2D eigenvalue weighted by molar-refractivity contribution is 5.89. The largest absolute Gasteiger partial charge is 0.462 e. The van der Waals surface area contributed by atoms with E-state index in [1.807, 2.05) is 26.8 Å². The van der Waals surface area contributed by atoms with Crippen molar-refractivity contribution in [2.75, 3.05) is 6.61 Å². The Hall–Kier alpha value is -1.84. The Morgan fingerprint density at radius 1 is 1.16 bits per heavy atom. The van der Waals surface area contributed by atoms with Crippen LogP contribution in [0.1, 0.15) is 38.1 Å². The van der Waals surface area contributed by atoms with Crippen LogP contribution in [-0.4, -0.2) is 24.6 Å². The van der Waals surface area contributed by atoms with Gasteiger partial charge in [-0.05, 0) is 12.1 Å². The third kappa shape index (κ3) is 5.12. The van der Waals surface area contributed by atoms with Crippen LogP contribution in [0, 0.1) is 5.41 Å². The quantitative estimate of drug-likeness (QED) is 0.785. The molecule has 0 N–H and O–H groups in total. The Morgan fingerprint density at radius 2 is 1.74 bits per heavy atom. The van der Waals surface area contributed by atoms with E-state index in [1.165, 1.54) is 6.92 Å². The summed E-state index contributed by atoms with van der Waals surface area (Å²) >= 11 is 0. The van der Waals surface area contributed by atoms with Crippen molar-refractivity contribution in [1.82, 2.24) is 0 Å². The molecule has 1 rings (SSSR count). The van der Waals surface area contributed by atoms with E-state index >= 15 is 0 Å². The summed E-state index contributed by atoms with van der Waals surface area (Å²) in [7, 11) is 0. The number of rotatable bonds is 4. The fraction of sp³-hybridized carbons (Fsp3) is 0.467. The minimum absolute atomic E-state index is 0.0669. The minimum Gasteiger partial charge on any atom is -0.462 e. The van der Waals surface area contributed by atoms with E-state index in [4.69, 9.17) is 9.47 Å². The minimum atomic E-state index is -0.482. The Balaban J connectivity index is 2.72. The molecule has 0 saturated carbocycles. The van der Waals surface area contributed by atoms with E-state index in [0.29, 0.717) is 5.56 Å². The summed E-state index contributed by atoms with van der Waals surface area (Å²) in [5.74, 6) is -0.794. The van der Waals surface area contributed by atoms with Crippen molar-refractivity contribution in [3.05, 3.63) is 35.9 Å². The Kier molecular flexibility index (Phi) is 5.10. The van der Waals surface area contributed by atoms with Crippen LogP contribution in [0.3, 0.4) is 0 Å². The van der Waals surface area contributed by atoms with Gasteiger partial charge in [0.05, 0.1) is 5.56 Å². The van der Waals surface area contributed by atoms with Crippen LogP contribution in [0.4, 0.5) is 0 Å². The number of esters is 2. The van der Waals surface area contributed by atoms with Gasteiger partial charge in [0.15, 0.2) is 0 Å². The number of hydrogen-bond acceptors (Lipinski definition) is 4. The predicted octanol–water partition coefficient (Wildman–Crippen LogP) is 2.82. The molecular weight excluding hydrogens is 244 g/mol. The molecule has 0 aliphatic carbocycles. The van der Waals surface area contributed by atoms with E-state index in [-0.39, 0.29) is 18.0 Å². The molecule has 0 radical (unpaired) electrons. The molecule has 4 heteroatoms. The average molecular weight is 264 g/mol. The third-order valence-electron chi connectivity index (χ3n) is 2.66. The SMILES string of the molecule is CC(=O)OCC(OC(=O)c1ccccc1)C(C)(C)C. The summed E-state index contributed by atoms with van der Waals surface area (Å²) in [5.41, 5.74) is 0.180. The summed E-state index contributed by atoms with van der Waals surface area (Å²) in [6.07, 6.45) is -0.482. The second kappa shape index (κ2) is 6.36. The maximum atomic E-state index is 12.0. The first-order valence-electron chi connectivity index (χ1n) is 6.20. The van der Waals surface area contributed by atoms with Crippen molar-refractivity contribution in [3.8, 4) is 0 Å². The summed E-state index contributed by atoms with van der Waals surface area (Å²) in [4.78, 5) is 22.9. The molecule has 0 fully saturated rings. The number of carbonyl (C=O) groups is 2. The molecule has 0 saturated heterocycles. The second-order valence-electron chi connectivity index (χ2n) is 5.43. The van der Waals surface area contributed by atoms with Gasteiger partial charge < -0.3 is 9.47 Å². The van der Waals surface area contributed by atoms with Gasteiger partial charge >= 0.3 is 11.9 Å². The number of ether oxygens (including phenoxy) is 2. The lowest BCUT2D eigenvalue weighted by Gasteiger charge is -2.29. The van der Waals surface area contributed by atoms with Gasteiger partial charge in [-0.25, -0.2) is 4.79 Å². The Labute approximate surface area is 113 Å². The molecule has 1 unspecified atom stereocenters. The van der Waals surface area contributed by atoms with Crippen LogP contribution < -0.4 is 0 Å². The van der Waals surface area contributed by atoms with Gasteiger partial charge in [0.2, 0.25) is 0 Å². The van der Waals surface area contributed by atoms with Gasteiger partial charge in [-0.15, -0.1) is 0 Å². The van der Waals surface area contributed by atoms with Gasteiger partial charge in [0.1, 0.15) is 12.7 Å². The number of carbonyl (C=O) groups excluding carboxylic acids is 2. The fourth-order valence-corrected chi connectivity index (χ4v) is 1.43. The van der Waals surface area contributed by atoms with Crippen LogP contribution in [0.2, 0.25) is 0 Å². The van der Waals surface area contributed by atoms with Gasteiger partial charge in [-0.1, -0.05) is 39.0 Å². The van der Waals surface area contributed by atoms with E-state index in [2.05, 4.69) is 0 Å². The molecule has 1 aromatic carbocycles. The predicted molar refractivity (Wildman–Crippen MR) is 71.7 cm³/mol. The maximum Gasteiger partial charge on any atom is 0.338 e. The molecule has 19 heavy (non-hydrogen) atoms. The summed E-state index contributed by atoms with van der Waals surface area (Å²) < 4.78 is 10.4. The lowest BCUT2D eigenvalue weighted by atomic mass is 9.89. The molecule has 1 aromatic rings. The van der Waals surface area contributed by atoms with Crippen molar-refractivity contribution < 1.29 is 19.1 Å². The highest BCUT2D eigenvalue weighted by atomic mass is 16.6. The zero-order valence-electron chi connectivity index (χ0n) is 11.8. The molecule has 0 aromatic heterocycles. The van der Waals surface area contributed by atoms with E-state index < -0.39 is 12.1 Å². The second-order valence-corrected chi connectivity index (χ2v) is 5.43. The molecule has 104 valence electrons. The summed E-state index contributed by atoms with van der Waals surface area (Å²) in [6, 6.07) is 8.75. The molecule has 0 heterocycles.